The van der Waals surface area contributed by atoms with E-state index in [0.717, 1.165) is 37.9 Å². The van der Waals surface area contributed by atoms with Gasteiger partial charge in [-0.2, -0.15) is 0 Å². The highest BCUT2D eigenvalue weighted by molar-refractivity contribution is 5.91. The van der Waals surface area contributed by atoms with E-state index in [1.807, 2.05) is 12.1 Å². The zero-order valence-electron chi connectivity index (χ0n) is 14.9. The van der Waals surface area contributed by atoms with Gasteiger partial charge in [0.25, 0.3) is 0 Å². The van der Waals surface area contributed by atoms with Crippen molar-refractivity contribution >= 4 is 11.6 Å². The van der Waals surface area contributed by atoms with E-state index >= 15 is 0 Å². The van der Waals surface area contributed by atoms with E-state index in [-0.39, 0.29) is 17.6 Å². The summed E-state index contributed by atoms with van der Waals surface area (Å²) < 4.78 is 0. The topological polar surface area (TPSA) is 61.4 Å². The SMILES string of the molecule is CCCc1c(O)c(NC(C)=O)cc2c1CCNCC2c1ccccc1. The predicted molar refractivity (Wildman–Crippen MR) is 101 cm³/mol. The van der Waals surface area contributed by atoms with Crippen LogP contribution in [0.3, 0.4) is 0 Å². The van der Waals surface area contributed by atoms with Crippen molar-refractivity contribution in [2.24, 2.45) is 0 Å². The van der Waals surface area contributed by atoms with Gasteiger partial charge < -0.3 is 15.7 Å². The van der Waals surface area contributed by atoms with E-state index in [0.29, 0.717) is 5.69 Å². The molecule has 1 aliphatic heterocycles. The van der Waals surface area contributed by atoms with Gasteiger partial charge in [-0.1, -0.05) is 43.7 Å². The maximum atomic E-state index is 11.6. The molecule has 1 amide bonds. The molecule has 0 radical (unpaired) electrons. The summed E-state index contributed by atoms with van der Waals surface area (Å²) in [5.74, 6) is 0.271. The first-order chi connectivity index (χ1) is 12.1. The second kappa shape index (κ2) is 7.70. The van der Waals surface area contributed by atoms with Crippen molar-refractivity contribution in [1.82, 2.24) is 5.32 Å². The number of carbonyl (C=O) groups is 1. The molecule has 1 aliphatic rings. The van der Waals surface area contributed by atoms with Gasteiger partial charge in [0.05, 0.1) is 5.69 Å². The van der Waals surface area contributed by atoms with Crippen LogP contribution in [-0.2, 0) is 17.6 Å². The van der Waals surface area contributed by atoms with Crippen molar-refractivity contribution < 1.29 is 9.90 Å². The Balaban J connectivity index is 2.18. The quantitative estimate of drug-likeness (QED) is 0.747. The lowest BCUT2D eigenvalue weighted by Crippen LogP contribution is -2.20. The summed E-state index contributed by atoms with van der Waals surface area (Å²) in [6.07, 6.45) is 2.65. The minimum Gasteiger partial charge on any atom is -0.505 e. The molecule has 0 aromatic heterocycles. The highest BCUT2D eigenvalue weighted by Crippen LogP contribution is 2.40. The van der Waals surface area contributed by atoms with Gasteiger partial charge in [0.2, 0.25) is 5.91 Å². The van der Waals surface area contributed by atoms with E-state index < -0.39 is 0 Å². The van der Waals surface area contributed by atoms with Gasteiger partial charge in [-0.25, -0.2) is 0 Å². The van der Waals surface area contributed by atoms with Gasteiger partial charge >= 0.3 is 0 Å². The van der Waals surface area contributed by atoms with Gasteiger partial charge in [0.1, 0.15) is 5.75 Å². The molecule has 0 saturated carbocycles. The van der Waals surface area contributed by atoms with E-state index in [1.54, 1.807) is 0 Å². The van der Waals surface area contributed by atoms with Gasteiger partial charge in [-0.15, -0.1) is 0 Å². The first kappa shape index (κ1) is 17.5. The fourth-order valence-electron chi connectivity index (χ4n) is 3.75. The molecule has 3 N–H and O–H groups in total. The van der Waals surface area contributed by atoms with Crippen LogP contribution in [-0.4, -0.2) is 24.1 Å². The van der Waals surface area contributed by atoms with Crippen molar-refractivity contribution in [3.63, 3.8) is 0 Å². The fraction of sp³-hybridized carbons (Fsp3) is 0.381. The number of rotatable bonds is 4. The van der Waals surface area contributed by atoms with E-state index in [2.05, 4.69) is 41.8 Å². The molecule has 1 unspecified atom stereocenters. The zero-order chi connectivity index (χ0) is 17.8. The Bertz CT molecular complexity index is 756. The number of nitrogens with one attached hydrogen (secondary N) is 2. The van der Waals surface area contributed by atoms with Crippen LogP contribution in [0.1, 0.15) is 48.4 Å². The molecular formula is C21H26N2O2. The number of amides is 1. The lowest BCUT2D eigenvalue weighted by Gasteiger charge is -2.23. The summed E-state index contributed by atoms with van der Waals surface area (Å²) in [7, 11) is 0. The lowest BCUT2D eigenvalue weighted by atomic mass is 9.84. The Kier molecular flexibility index (Phi) is 5.39. The van der Waals surface area contributed by atoms with Crippen molar-refractivity contribution in [3.05, 3.63) is 58.7 Å². The minimum absolute atomic E-state index is 0.166. The van der Waals surface area contributed by atoms with Crippen LogP contribution in [0, 0.1) is 0 Å². The van der Waals surface area contributed by atoms with E-state index in [1.165, 1.54) is 23.6 Å². The molecule has 0 fully saturated rings. The molecule has 0 saturated heterocycles. The smallest absolute Gasteiger partial charge is 0.221 e. The third kappa shape index (κ3) is 3.69. The molecule has 2 aromatic rings. The van der Waals surface area contributed by atoms with Crippen LogP contribution in [0.5, 0.6) is 5.75 Å². The average molecular weight is 338 g/mol. The number of anilines is 1. The van der Waals surface area contributed by atoms with Crippen molar-refractivity contribution in [2.45, 2.75) is 39.0 Å². The maximum absolute atomic E-state index is 11.6. The van der Waals surface area contributed by atoms with Crippen molar-refractivity contribution in [2.75, 3.05) is 18.4 Å². The zero-order valence-corrected chi connectivity index (χ0v) is 14.9. The minimum atomic E-state index is -0.166. The molecule has 132 valence electrons. The molecular weight excluding hydrogens is 312 g/mol. The van der Waals surface area contributed by atoms with Crippen LogP contribution >= 0.6 is 0 Å². The summed E-state index contributed by atoms with van der Waals surface area (Å²) in [6.45, 7) is 5.33. The number of hydrogen-bond acceptors (Lipinski definition) is 3. The Morgan fingerprint density at radius 1 is 1.32 bits per heavy atom. The molecule has 1 heterocycles. The van der Waals surface area contributed by atoms with Crippen LogP contribution in [0.4, 0.5) is 5.69 Å². The number of fused-ring (bicyclic) bond motifs is 1. The monoisotopic (exact) mass is 338 g/mol. The van der Waals surface area contributed by atoms with Crippen LogP contribution in [0.15, 0.2) is 36.4 Å². The number of hydrogen-bond donors (Lipinski definition) is 3. The molecule has 4 nitrogen and oxygen atoms in total. The van der Waals surface area contributed by atoms with Crippen LogP contribution in [0.25, 0.3) is 0 Å². The Labute approximate surface area is 149 Å². The number of phenolic OH excluding ortho intramolecular Hbond substituents is 1. The molecule has 1 atom stereocenters. The van der Waals surface area contributed by atoms with Crippen LogP contribution < -0.4 is 10.6 Å². The Morgan fingerprint density at radius 2 is 2.08 bits per heavy atom. The fourth-order valence-corrected chi connectivity index (χ4v) is 3.75. The predicted octanol–water partition coefficient (Wildman–Crippen LogP) is 3.58. The summed E-state index contributed by atoms with van der Waals surface area (Å²) >= 11 is 0. The molecule has 0 bridgehead atoms. The van der Waals surface area contributed by atoms with Crippen LogP contribution in [0.2, 0.25) is 0 Å². The molecule has 0 spiro atoms. The number of aromatic hydroxyl groups is 1. The summed E-state index contributed by atoms with van der Waals surface area (Å²) in [5, 5.41) is 17.1. The Hall–Kier alpha value is -2.33. The van der Waals surface area contributed by atoms with Gasteiger partial charge in [0.15, 0.2) is 0 Å². The lowest BCUT2D eigenvalue weighted by molar-refractivity contribution is -0.114. The maximum Gasteiger partial charge on any atom is 0.221 e. The van der Waals surface area contributed by atoms with E-state index in [4.69, 9.17) is 0 Å². The molecule has 2 aromatic carbocycles. The van der Waals surface area contributed by atoms with Crippen molar-refractivity contribution in [1.29, 1.82) is 0 Å². The first-order valence-electron chi connectivity index (χ1n) is 9.02. The number of phenols is 1. The average Bonchev–Trinajstić information content (AvgIpc) is 2.81. The van der Waals surface area contributed by atoms with Gasteiger partial charge in [0, 0.05) is 19.4 Å². The summed E-state index contributed by atoms with van der Waals surface area (Å²) in [4.78, 5) is 11.6. The molecule has 25 heavy (non-hydrogen) atoms. The normalized spacial score (nSPS) is 16.8. The number of carbonyl (C=O) groups excluding carboxylic acids is 1. The van der Waals surface area contributed by atoms with Crippen molar-refractivity contribution in [3.8, 4) is 5.75 Å². The third-order valence-corrected chi connectivity index (χ3v) is 4.84. The standard InChI is InChI=1S/C21H26N2O2/c1-3-7-17-16-10-11-22-13-19(15-8-5-4-6-9-15)18(16)12-20(21(17)25)23-14(2)24/h4-6,8-9,12,19,22,25H,3,7,10-11,13H2,1-2H3,(H,23,24). The molecule has 3 rings (SSSR count). The second-order valence-electron chi connectivity index (χ2n) is 6.67. The largest absolute Gasteiger partial charge is 0.505 e. The molecule has 0 aliphatic carbocycles. The highest BCUT2D eigenvalue weighted by Gasteiger charge is 2.25. The highest BCUT2D eigenvalue weighted by atomic mass is 16.3. The Morgan fingerprint density at radius 3 is 2.76 bits per heavy atom. The number of benzene rings is 2. The molecule has 4 heteroatoms. The second-order valence-corrected chi connectivity index (χ2v) is 6.67. The van der Waals surface area contributed by atoms with Gasteiger partial charge in [-0.3, -0.25) is 4.79 Å². The first-order valence-corrected chi connectivity index (χ1v) is 9.02. The third-order valence-electron chi connectivity index (χ3n) is 4.84. The summed E-state index contributed by atoms with van der Waals surface area (Å²) in [6, 6.07) is 12.4. The van der Waals surface area contributed by atoms with Gasteiger partial charge in [-0.05, 0) is 47.7 Å². The van der Waals surface area contributed by atoms with E-state index in [9.17, 15) is 9.90 Å². The summed E-state index contributed by atoms with van der Waals surface area (Å²) in [5.41, 5.74) is 5.19.